The first-order valence-electron chi connectivity index (χ1n) is 10.7. The van der Waals surface area contributed by atoms with Crippen molar-refractivity contribution in [2.24, 2.45) is 11.7 Å². The van der Waals surface area contributed by atoms with E-state index in [9.17, 15) is 9.59 Å². The molecule has 0 radical (unpaired) electrons. The Morgan fingerprint density at radius 3 is 2.46 bits per heavy atom. The summed E-state index contributed by atoms with van der Waals surface area (Å²) in [5, 5.41) is 5.85. The van der Waals surface area contributed by atoms with Crippen molar-refractivity contribution in [3.63, 3.8) is 0 Å². The molecule has 0 aromatic heterocycles. The van der Waals surface area contributed by atoms with Gasteiger partial charge in [-0.25, -0.2) is 4.79 Å². The molecule has 156 valence electrons. The fraction of sp³-hybridized carbons (Fsp3) is 0.636. The third kappa shape index (κ3) is 7.41. The number of benzene rings is 1. The zero-order chi connectivity index (χ0) is 20.4. The quantitative estimate of drug-likeness (QED) is 0.516. The van der Waals surface area contributed by atoms with E-state index < -0.39 is 5.91 Å². The summed E-state index contributed by atoms with van der Waals surface area (Å²) in [7, 11) is 0. The number of rotatable bonds is 10. The molecule has 28 heavy (non-hydrogen) atoms. The van der Waals surface area contributed by atoms with E-state index in [0.717, 1.165) is 50.4 Å². The number of amides is 3. The molecule has 2 rings (SSSR count). The van der Waals surface area contributed by atoms with Crippen LogP contribution < -0.4 is 21.3 Å². The van der Waals surface area contributed by atoms with Gasteiger partial charge in [0.1, 0.15) is 0 Å². The van der Waals surface area contributed by atoms with Gasteiger partial charge in [0.25, 0.3) is 0 Å². The fourth-order valence-electron chi connectivity index (χ4n) is 3.60. The van der Waals surface area contributed by atoms with Gasteiger partial charge >= 0.3 is 6.03 Å². The smallest absolute Gasteiger partial charge is 0.319 e. The molecule has 1 aromatic rings. The number of nitrogens with one attached hydrogen (secondary N) is 2. The van der Waals surface area contributed by atoms with Crippen molar-refractivity contribution in [2.75, 3.05) is 29.9 Å². The van der Waals surface area contributed by atoms with Crippen molar-refractivity contribution < 1.29 is 9.59 Å². The van der Waals surface area contributed by atoms with Crippen molar-refractivity contribution in [3.8, 4) is 0 Å². The van der Waals surface area contributed by atoms with Gasteiger partial charge in [0.2, 0.25) is 5.91 Å². The third-order valence-corrected chi connectivity index (χ3v) is 5.22. The van der Waals surface area contributed by atoms with Crippen molar-refractivity contribution in [2.45, 2.75) is 65.2 Å². The number of urea groups is 1. The molecule has 0 unspecified atom stereocenters. The summed E-state index contributed by atoms with van der Waals surface area (Å²) >= 11 is 0. The van der Waals surface area contributed by atoms with Gasteiger partial charge in [-0.2, -0.15) is 0 Å². The molecule has 0 atom stereocenters. The Kier molecular flexibility index (Phi) is 9.11. The molecule has 0 spiro atoms. The molecule has 0 bridgehead atoms. The summed E-state index contributed by atoms with van der Waals surface area (Å²) in [5.74, 6) is 0.268. The molecule has 1 heterocycles. The van der Waals surface area contributed by atoms with E-state index in [4.69, 9.17) is 5.73 Å². The minimum Gasteiger partial charge on any atom is -0.370 e. The Morgan fingerprint density at radius 1 is 1.07 bits per heavy atom. The van der Waals surface area contributed by atoms with Gasteiger partial charge in [0.05, 0.1) is 11.4 Å². The van der Waals surface area contributed by atoms with E-state index in [1.807, 2.05) is 6.07 Å². The van der Waals surface area contributed by atoms with Crippen molar-refractivity contribution in [3.05, 3.63) is 23.8 Å². The predicted octanol–water partition coefficient (Wildman–Crippen LogP) is 4.50. The van der Waals surface area contributed by atoms with E-state index in [-0.39, 0.29) is 6.03 Å². The number of unbranched alkanes of at least 4 members (excludes halogenated alkanes) is 3. The average molecular weight is 389 g/mol. The lowest BCUT2D eigenvalue weighted by Gasteiger charge is -2.30. The van der Waals surface area contributed by atoms with Gasteiger partial charge in [-0.15, -0.1) is 0 Å². The van der Waals surface area contributed by atoms with Crippen LogP contribution in [0.1, 0.15) is 75.6 Å². The average Bonchev–Trinajstić information content (AvgIpc) is 2.67. The Balaban J connectivity index is 1.87. The van der Waals surface area contributed by atoms with Crippen LogP contribution in [0, 0.1) is 5.92 Å². The first kappa shape index (κ1) is 22.1. The van der Waals surface area contributed by atoms with Gasteiger partial charge in [-0.1, -0.05) is 39.5 Å². The highest BCUT2D eigenvalue weighted by Crippen LogP contribution is 2.29. The molecular formula is C22H36N4O2. The number of nitrogens with two attached hydrogens (primary N) is 1. The molecule has 4 N–H and O–H groups in total. The van der Waals surface area contributed by atoms with Crippen LogP contribution in [0.25, 0.3) is 0 Å². The maximum atomic E-state index is 12.3. The lowest BCUT2D eigenvalue weighted by atomic mass is 10.0. The van der Waals surface area contributed by atoms with Crippen LogP contribution in [0.5, 0.6) is 0 Å². The van der Waals surface area contributed by atoms with Crippen LogP contribution in [0.2, 0.25) is 0 Å². The minimum absolute atomic E-state index is 0.234. The second-order valence-corrected chi connectivity index (χ2v) is 8.12. The highest BCUT2D eigenvalue weighted by molar-refractivity contribution is 5.98. The van der Waals surface area contributed by atoms with Gasteiger partial charge in [0.15, 0.2) is 0 Å². The molecule has 0 saturated carbocycles. The van der Waals surface area contributed by atoms with Crippen LogP contribution in [0.15, 0.2) is 18.2 Å². The maximum absolute atomic E-state index is 12.3. The molecule has 1 aliphatic heterocycles. The highest BCUT2D eigenvalue weighted by atomic mass is 16.2. The molecule has 6 heteroatoms. The Labute approximate surface area is 169 Å². The Bertz CT molecular complexity index is 639. The molecule has 0 aliphatic carbocycles. The highest BCUT2D eigenvalue weighted by Gasteiger charge is 2.17. The molecule has 3 amide bonds. The monoisotopic (exact) mass is 388 g/mol. The fourth-order valence-corrected chi connectivity index (χ4v) is 3.60. The van der Waals surface area contributed by atoms with E-state index in [1.165, 1.54) is 25.7 Å². The first-order valence-corrected chi connectivity index (χ1v) is 10.7. The van der Waals surface area contributed by atoms with Crippen LogP contribution in [0.3, 0.4) is 0 Å². The summed E-state index contributed by atoms with van der Waals surface area (Å²) < 4.78 is 0. The summed E-state index contributed by atoms with van der Waals surface area (Å²) in [4.78, 5) is 26.2. The third-order valence-electron chi connectivity index (χ3n) is 5.22. The van der Waals surface area contributed by atoms with E-state index in [0.29, 0.717) is 17.8 Å². The first-order chi connectivity index (χ1) is 13.5. The second kappa shape index (κ2) is 11.6. The molecule has 6 nitrogen and oxygen atoms in total. The van der Waals surface area contributed by atoms with Gasteiger partial charge in [-0.05, 0) is 49.8 Å². The number of nitrogens with zero attached hydrogens (tertiary/aromatic N) is 1. The largest absolute Gasteiger partial charge is 0.370 e. The summed E-state index contributed by atoms with van der Waals surface area (Å²) in [6.07, 6.45) is 9.35. The Hall–Kier alpha value is -2.24. The number of hydrogen-bond acceptors (Lipinski definition) is 3. The van der Waals surface area contributed by atoms with Gasteiger partial charge in [-0.3, -0.25) is 4.79 Å². The number of hydrogen-bond donors (Lipinski definition) is 3. The Morgan fingerprint density at radius 2 is 1.79 bits per heavy atom. The second-order valence-electron chi connectivity index (χ2n) is 8.12. The van der Waals surface area contributed by atoms with Crippen molar-refractivity contribution >= 4 is 23.3 Å². The van der Waals surface area contributed by atoms with E-state index >= 15 is 0 Å². The number of carbonyl (C=O) groups excluding carboxylic acids is 2. The standard InChI is InChI=1S/C22H36N4O2/c1-17(2)10-6-3-4-7-13-24-22(28)25-19-16-18(21(23)27)11-12-20(19)26-14-8-5-9-15-26/h11-12,16-17H,3-10,13-15H2,1-2H3,(H2,23,27)(H2,24,25,28). The number of carbonyl (C=O) groups is 2. The van der Waals surface area contributed by atoms with Crippen LogP contribution >= 0.6 is 0 Å². The van der Waals surface area contributed by atoms with Crippen molar-refractivity contribution in [1.29, 1.82) is 0 Å². The maximum Gasteiger partial charge on any atom is 0.319 e. The summed E-state index contributed by atoms with van der Waals surface area (Å²) in [6.45, 7) is 7.07. The lowest BCUT2D eigenvalue weighted by Crippen LogP contribution is -2.33. The zero-order valence-electron chi connectivity index (χ0n) is 17.4. The number of piperidine rings is 1. The van der Waals surface area contributed by atoms with Crippen LogP contribution in [0.4, 0.5) is 16.2 Å². The minimum atomic E-state index is -0.491. The number of primary amides is 1. The van der Waals surface area contributed by atoms with Gasteiger partial charge < -0.3 is 21.3 Å². The van der Waals surface area contributed by atoms with Gasteiger partial charge in [0, 0.05) is 25.2 Å². The zero-order valence-corrected chi connectivity index (χ0v) is 17.4. The van der Waals surface area contributed by atoms with E-state index in [2.05, 4.69) is 29.4 Å². The molecule has 1 aliphatic rings. The molecule has 1 saturated heterocycles. The predicted molar refractivity (Wildman–Crippen MR) is 116 cm³/mol. The summed E-state index contributed by atoms with van der Waals surface area (Å²) in [5.41, 5.74) is 7.42. The summed E-state index contributed by atoms with van der Waals surface area (Å²) in [6, 6.07) is 5.06. The SMILES string of the molecule is CC(C)CCCCCCNC(=O)Nc1cc(C(N)=O)ccc1N1CCCCC1. The van der Waals surface area contributed by atoms with Crippen LogP contribution in [-0.4, -0.2) is 31.6 Å². The lowest BCUT2D eigenvalue weighted by molar-refractivity contribution is 0.100. The molecule has 1 fully saturated rings. The van der Waals surface area contributed by atoms with Crippen molar-refractivity contribution in [1.82, 2.24) is 5.32 Å². The van der Waals surface area contributed by atoms with E-state index in [1.54, 1.807) is 12.1 Å². The molecule has 1 aromatic carbocycles. The van der Waals surface area contributed by atoms with Crippen LogP contribution in [-0.2, 0) is 0 Å². The molecular weight excluding hydrogens is 352 g/mol. The topological polar surface area (TPSA) is 87.5 Å². The normalized spacial score (nSPS) is 14.2. The number of anilines is 2.